The van der Waals surface area contributed by atoms with Crippen molar-refractivity contribution in [2.24, 2.45) is 0 Å². The van der Waals surface area contributed by atoms with Gasteiger partial charge in [-0.15, -0.1) is 0 Å². The van der Waals surface area contributed by atoms with Crippen LogP contribution in [0, 0.1) is 0 Å². The average molecular weight is 358 g/mol. The molecule has 0 aromatic heterocycles. The highest BCUT2D eigenvalue weighted by Gasteiger charge is 2.12. The van der Waals surface area contributed by atoms with Gasteiger partial charge in [-0.3, -0.25) is 0 Å². The molecule has 0 saturated carbocycles. The van der Waals surface area contributed by atoms with Gasteiger partial charge in [-0.25, -0.2) is 0 Å². The van der Waals surface area contributed by atoms with Crippen LogP contribution in [-0.4, -0.2) is 42.4 Å². The fourth-order valence-corrected chi connectivity index (χ4v) is 2.40. The Morgan fingerprint density at radius 1 is 1.10 bits per heavy atom. The Labute approximate surface area is 137 Å². The van der Waals surface area contributed by atoms with Crippen LogP contribution in [0.3, 0.4) is 0 Å². The lowest BCUT2D eigenvalue weighted by atomic mass is 10.2. The molecule has 0 spiro atoms. The Balaban J connectivity index is 2.34. The maximum absolute atomic E-state index is 10.2. The first-order chi connectivity index (χ1) is 10.2. The molecule has 4 heteroatoms. The lowest BCUT2D eigenvalue weighted by molar-refractivity contribution is 0.0671. The third-order valence-corrected chi connectivity index (χ3v) is 3.91. The average Bonchev–Trinajstić information content (AvgIpc) is 2.49. The normalized spacial score (nSPS) is 12.6. The summed E-state index contributed by atoms with van der Waals surface area (Å²) in [5, 5.41) is 10.2. The summed E-state index contributed by atoms with van der Waals surface area (Å²) >= 11 is 3.39. The minimum Gasteiger partial charge on any atom is -0.491 e. The predicted molar refractivity (Wildman–Crippen MR) is 91.9 cm³/mol. The Hall–Kier alpha value is -0.580. The molecule has 0 unspecified atom stereocenters. The molecule has 0 saturated heterocycles. The maximum atomic E-state index is 10.2. The molecule has 1 aromatic rings. The molecule has 1 aromatic carbocycles. The van der Waals surface area contributed by atoms with Crippen molar-refractivity contribution in [1.82, 2.24) is 4.90 Å². The van der Waals surface area contributed by atoms with Crippen LogP contribution in [0.15, 0.2) is 28.7 Å². The SMILES string of the molecule is CCCCN(CCCC)C[C@H](O)COc1ccc(Br)cc1. The molecule has 0 aliphatic rings. The van der Waals surface area contributed by atoms with Gasteiger partial charge in [-0.05, 0) is 50.2 Å². The van der Waals surface area contributed by atoms with Crippen LogP contribution in [0.1, 0.15) is 39.5 Å². The van der Waals surface area contributed by atoms with Gasteiger partial charge in [0.25, 0.3) is 0 Å². The van der Waals surface area contributed by atoms with Gasteiger partial charge in [0, 0.05) is 11.0 Å². The lowest BCUT2D eigenvalue weighted by Gasteiger charge is -2.24. The molecule has 0 aliphatic carbocycles. The Morgan fingerprint density at radius 2 is 1.67 bits per heavy atom. The van der Waals surface area contributed by atoms with E-state index in [1.165, 1.54) is 25.7 Å². The molecule has 21 heavy (non-hydrogen) atoms. The van der Waals surface area contributed by atoms with E-state index in [1.807, 2.05) is 24.3 Å². The van der Waals surface area contributed by atoms with E-state index in [-0.39, 0.29) is 0 Å². The molecule has 1 N–H and O–H groups in total. The minimum absolute atomic E-state index is 0.344. The number of ether oxygens (including phenoxy) is 1. The van der Waals surface area contributed by atoms with Crippen molar-refractivity contribution >= 4 is 15.9 Å². The topological polar surface area (TPSA) is 32.7 Å². The van der Waals surface area contributed by atoms with Crippen LogP contribution in [0.2, 0.25) is 0 Å². The van der Waals surface area contributed by atoms with E-state index in [4.69, 9.17) is 4.74 Å². The van der Waals surface area contributed by atoms with E-state index in [2.05, 4.69) is 34.7 Å². The fourth-order valence-electron chi connectivity index (χ4n) is 2.13. The Bertz CT molecular complexity index is 362. The van der Waals surface area contributed by atoms with E-state index in [9.17, 15) is 5.11 Å². The largest absolute Gasteiger partial charge is 0.491 e. The smallest absolute Gasteiger partial charge is 0.119 e. The number of nitrogens with zero attached hydrogens (tertiary/aromatic N) is 1. The van der Waals surface area contributed by atoms with Crippen molar-refractivity contribution in [1.29, 1.82) is 0 Å². The third kappa shape index (κ3) is 8.44. The molecule has 0 aliphatic heterocycles. The zero-order valence-corrected chi connectivity index (χ0v) is 14.8. The van der Waals surface area contributed by atoms with Gasteiger partial charge >= 0.3 is 0 Å². The third-order valence-electron chi connectivity index (χ3n) is 3.38. The highest BCUT2D eigenvalue weighted by Crippen LogP contribution is 2.16. The van der Waals surface area contributed by atoms with Crippen LogP contribution < -0.4 is 4.74 Å². The molecule has 1 rings (SSSR count). The summed E-state index contributed by atoms with van der Waals surface area (Å²) in [5.41, 5.74) is 0. The first-order valence-corrected chi connectivity index (χ1v) is 8.73. The standard InChI is InChI=1S/C17H28BrNO2/c1-3-5-11-19(12-6-4-2)13-16(20)14-21-17-9-7-15(18)8-10-17/h7-10,16,20H,3-6,11-14H2,1-2H3/t16-/m0/s1. The van der Waals surface area contributed by atoms with Gasteiger partial charge in [0.2, 0.25) is 0 Å². The highest BCUT2D eigenvalue weighted by molar-refractivity contribution is 9.10. The Morgan fingerprint density at radius 3 is 2.19 bits per heavy atom. The second kappa shape index (κ2) is 11.0. The summed E-state index contributed by atoms with van der Waals surface area (Å²) in [6.07, 6.45) is 4.30. The number of benzene rings is 1. The van der Waals surface area contributed by atoms with Gasteiger partial charge in [-0.2, -0.15) is 0 Å². The summed E-state index contributed by atoms with van der Waals surface area (Å²) in [5.74, 6) is 0.797. The molecule has 0 fully saturated rings. The first-order valence-electron chi connectivity index (χ1n) is 7.94. The molecular weight excluding hydrogens is 330 g/mol. The summed E-state index contributed by atoms with van der Waals surface area (Å²) in [7, 11) is 0. The minimum atomic E-state index is -0.442. The van der Waals surface area contributed by atoms with Gasteiger partial charge < -0.3 is 14.7 Å². The van der Waals surface area contributed by atoms with Crippen LogP contribution in [0.5, 0.6) is 5.75 Å². The monoisotopic (exact) mass is 357 g/mol. The number of hydrogen-bond acceptors (Lipinski definition) is 3. The molecule has 0 amide bonds. The van der Waals surface area contributed by atoms with Gasteiger partial charge in [-0.1, -0.05) is 42.6 Å². The fraction of sp³-hybridized carbons (Fsp3) is 0.647. The molecule has 0 radical (unpaired) electrons. The molecule has 1 atom stereocenters. The van der Waals surface area contributed by atoms with E-state index in [0.29, 0.717) is 13.2 Å². The number of unbranched alkanes of at least 4 members (excludes halogenated alkanes) is 2. The molecular formula is C17H28BrNO2. The number of aliphatic hydroxyl groups is 1. The zero-order chi connectivity index (χ0) is 15.5. The molecule has 120 valence electrons. The number of aliphatic hydroxyl groups excluding tert-OH is 1. The Kier molecular flexibility index (Phi) is 9.72. The summed E-state index contributed by atoms with van der Waals surface area (Å²) in [6, 6.07) is 7.69. The van der Waals surface area contributed by atoms with E-state index < -0.39 is 6.10 Å². The van der Waals surface area contributed by atoms with Crippen molar-refractivity contribution in [3.05, 3.63) is 28.7 Å². The molecule has 3 nitrogen and oxygen atoms in total. The van der Waals surface area contributed by atoms with Crippen molar-refractivity contribution in [3.8, 4) is 5.75 Å². The van der Waals surface area contributed by atoms with Crippen molar-refractivity contribution in [3.63, 3.8) is 0 Å². The van der Waals surface area contributed by atoms with Gasteiger partial charge in [0.05, 0.1) is 0 Å². The van der Waals surface area contributed by atoms with Crippen LogP contribution in [0.4, 0.5) is 0 Å². The van der Waals surface area contributed by atoms with Crippen molar-refractivity contribution < 1.29 is 9.84 Å². The maximum Gasteiger partial charge on any atom is 0.119 e. The summed E-state index contributed by atoms with van der Waals surface area (Å²) in [4.78, 5) is 2.35. The quantitative estimate of drug-likeness (QED) is 0.647. The van der Waals surface area contributed by atoms with Gasteiger partial charge in [0.1, 0.15) is 18.5 Å². The first kappa shape index (κ1) is 18.5. The van der Waals surface area contributed by atoms with E-state index in [0.717, 1.165) is 23.3 Å². The van der Waals surface area contributed by atoms with Crippen LogP contribution in [0.25, 0.3) is 0 Å². The second-order valence-corrected chi connectivity index (χ2v) is 6.34. The highest BCUT2D eigenvalue weighted by atomic mass is 79.9. The van der Waals surface area contributed by atoms with Crippen molar-refractivity contribution in [2.45, 2.75) is 45.6 Å². The number of halogens is 1. The van der Waals surface area contributed by atoms with E-state index >= 15 is 0 Å². The predicted octanol–water partition coefficient (Wildman–Crippen LogP) is 4.09. The van der Waals surface area contributed by atoms with Crippen LogP contribution in [-0.2, 0) is 0 Å². The van der Waals surface area contributed by atoms with Crippen molar-refractivity contribution in [2.75, 3.05) is 26.2 Å². The number of rotatable bonds is 11. The molecule has 0 bridgehead atoms. The summed E-state index contributed by atoms with van der Waals surface area (Å²) < 4.78 is 6.66. The lowest BCUT2D eigenvalue weighted by Crippen LogP contribution is -2.36. The van der Waals surface area contributed by atoms with Crippen LogP contribution >= 0.6 is 15.9 Å². The second-order valence-electron chi connectivity index (χ2n) is 5.43. The summed E-state index contributed by atoms with van der Waals surface area (Å²) in [6.45, 7) is 7.56. The zero-order valence-electron chi connectivity index (χ0n) is 13.2. The molecule has 0 heterocycles. The van der Waals surface area contributed by atoms with E-state index in [1.54, 1.807) is 0 Å². The van der Waals surface area contributed by atoms with Gasteiger partial charge in [0.15, 0.2) is 0 Å². The number of hydrogen-bond donors (Lipinski definition) is 1.